The number of nitro benzene ring substituents is 2. The Balaban J connectivity index is 1.74. The lowest BCUT2D eigenvalue weighted by Gasteiger charge is -2.34. The molecule has 1 saturated heterocycles. The fraction of sp³-hybridized carbons (Fsp3) is 0.552. The van der Waals surface area contributed by atoms with E-state index < -0.39 is 38.4 Å². The molecule has 1 unspecified atom stereocenters. The number of rotatable bonds is 13. The molecule has 230 valence electrons. The third-order valence-electron chi connectivity index (χ3n) is 7.03. The molecule has 0 aromatic heterocycles. The van der Waals surface area contributed by atoms with Gasteiger partial charge >= 0.3 is 0 Å². The molecule has 1 heterocycles. The Morgan fingerprint density at radius 1 is 0.905 bits per heavy atom. The maximum Gasteiger partial charge on any atom is 0.286 e. The number of hydrogen-bond donors (Lipinski definition) is 1. The first-order valence-corrected chi connectivity index (χ1v) is 13.5. The molecular formula is C29H39N3O10. The Bertz CT molecular complexity index is 1340. The summed E-state index contributed by atoms with van der Waals surface area (Å²) in [6, 6.07) is 5.43. The molecule has 0 saturated carbocycles. The highest BCUT2D eigenvalue weighted by Crippen LogP contribution is 2.40. The van der Waals surface area contributed by atoms with Gasteiger partial charge in [-0.2, -0.15) is 0 Å². The SMILES string of the molecule is COc1cc(C)c([N+](=O)[O-])cc1OCC(C)(C)CC(C)(C)COc1cc([N+](=O)[O-])c(C(=O)N2CCC(O)C2)cc1OC. The maximum atomic E-state index is 13.0. The van der Waals surface area contributed by atoms with Crippen LogP contribution in [0.3, 0.4) is 0 Å². The molecule has 0 radical (unpaired) electrons. The Morgan fingerprint density at radius 3 is 1.86 bits per heavy atom. The van der Waals surface area contributed by atoms with Gasteiger partial charge in [0, 0.05) is 24.7 Å². The highest BCUT2D eigenvalue weighted by molar-refractivity contribution is 5.99. The van der Waals surface area contributed by atoms with E-state index in [0.29, 0.717) is 30.7 Å². The third-order valence-corrected chi connectivity index (χ3v) is 7.03. The van der Waals surface area contributed by atoms with Crippen molar-refractivity contribution in [3.63, 3.8) is 0 Å². The van der Waals surface area contributed by atoms with Gasteiger partial charge in [-0.05, 0) is 36.7 Å². The van der Waals surface area contributed by atoms with E-state index in [1.165, 1.54) is 37.3 Å². The molecule has 13 nitrogen and oxygen atoms in total. The van der Waals surface area contributed by atoms with Crippen molar-refractivity contribution < 1.29 is 38.7 Å². The van der Waals surface area contributed by atoms with Gasteiger partial charge in [-0.25, -0.2) is 0 Å². The van der Waals surface area contributed by atoms with E-state index in [-0.39, 0.29) is 48.3 Å². The van der Waals surface area contributed by atoms with E-state index in [1.807, 2.05) is 27.7 Å². The summed E-state index contributed by atoms with van der Waals surface area (Å²) in [6.07, 6.45) is 0.341. The van der Waals surface area contributed by atoms with Crippen LogP contribution in [0.25, 0.3) is 0 Å². The number of ether oxygens (including phenoxy) is 4. The van der Waals surface area contributed by atoms with Crippen LogP contribution in [0.2, 0.25) is 0 Å². The van der Waals surface area contributed by atoms with Gasteiger partial charge in [0.1, 0.15) is 5.56 Å². The number of likely N-dealkylation sites (tertiary alicyclic amines) is 1. The van der Waals surface area contributed by atoms with Gasteiger partial charge in [-0.1, -0.05) is 27.7 Å². The molecule has 1 N–H and O–H groups in total. The predicted octanol–water partition coefficient (Wildman–Crippen LogP) is 4.94. The van der Waals surface area contributed by atoms with E-state index in [2.05, 4.69) is 0 Å². The lowest BCUT2D eigenvalue weighted by atomic mass is 9.76. The molecule has 2 aromatic carbocycles. The number of hydrogen-bond acceptors (Lipinski definition) is 10. The lowest BCUT2D eigenvalue weighted by molar-refractivity contribution is -0.385. The number of carbonyl (C=O) groups excluding carboxylic acids is 1. The minimum Gasteiger partial charge on any atom is -0.493 e. The quantitative estimate of drug-likeness (QED) is 0.250. The predicted molar refractivity (Wildman–Crippen MR) is 154 cm³/mol. The minimum absolute atomic E-state index is 0.0638. The van der Waals surface area contributed by atoms with E-state index in [1.54, 1.807) is 13.0 Å². The molecule has 0 bridgehead atoms. The largest absolute Gasteiger partial charge is 0.493 e. The van der Waals surface area contributed by atoms with Crippen LogP contribution in [0, 0.1) is 38.0 Å². The Hall–Kier alpha value is -4.13. The average molecular weight is 590 g/mol. The second-order valence-electron chi connectivity index (χ2n) is 12.1. The first-order valence-electron chi connectivity index (χ1n) is 13.5. The zero-order valence-corrected chi connectivity index (χ0v) is 25.1. The molecule has 1 fully saturated rings. The number of amides is 1. The maximum absolute atomic E-state index is 13.0. The summed E-state index contributed by atoms with van der Waals surface area (Å²) >= 11 is 0. The molecule has 1 atom stereocenters. The summed E-state index contributed by atoms with van der Waals surface area (Å²) in [5.74, 6) is 0.414. The highest BCUT2D eigenvalue weighted by Gasteiger charge is 2.34. The Morgan fingerprint density at radius 2 is 1.40 bits per heavy atom. The lowest BCUT2D eigenvalue weighted by Crippen LogP contribution is -2.32. The number of nitrogens with zero attached hydrogens (tertiary/aromatic N) is 3. The van der Waals surface area contributed by atoms with Crippen molar-refractivity contribution in [3.8, 4) is 23.0 Å². The van der Waals surface area contributed by atoms with Crippen molar-refractivity contribution >= 4 is 17.3 Å². The van der Waals surface area contributed by atoms with Crippen molar-refractivity contribution in [2.45, 2.75) is 53.6 Å². The summed E-state index contributed by atoms with van der Waals surface area (Å²) in [6.45, 7) is 10.4. The van der Waals surface area contributed by atoms with Gasteiger partial charge in [0.2, 0.25) is 0 Å². The second kappa shape index (κ2) is 12.8. The van der Waals surface area contributed by atoms with E-state index >= 15 is 0 Å². The van der Waals surface area contributed by atoms with Gasteiger partial charge in [-0.15, -0.1) is 0 Å². The molecule has 1 aliphatic heterocycles. The number of aliphatic hydroxyl groups is 1. The van der Waals surface area contributed by atoms with Crippen LogP contribution in [0.1, 0.15) is 56.5 Å². The Labute approximate surface area is 244 Å². The first-order chi connectivity index (χ1) is 19.6. The minimum atomic E-state index is -0.660. The van der Waals surface area contributed by atoms with Crippen molar-refractivity contribution in [1.29, 1.82) is 0 Å². The van der Waals surface area contributed by atoms with Gasteiger partial charge in [0.15, 0.2) is 23.0 Å². The van der Waals surface area contributed by atoms with Crippen molar-refractivity contribution in [2.24, 2.45) is 10.8 Å². The van der Waals surface area contributed by atoms with Crippen LogP contribution in [0.5, 0.6) is 23.0 Å². The average Bonchev–Trinajstić information content (AvgIpc) is 3.35. The normalized spacial score (nSPS) is 15.3. The monoisotopic (exact) mass is 589 g/mol. The summed E-state index contributed by atoms with van der Waals surface area (Å²) in [5, 5.41) is 33.1. The number of aliphatic hydroxyl groups excluding tert-OH is 1. The van der Waals surface area contributed by atoms with E-state index in [9.17, 15) is 30.1 Å². The zero-order valence-electron chi connectivity index (χ0n) is 25.1. The zero-order chi connectivity index (χ0) is 31.4. The first kappa shape index (κ1) is 32.4. The van der Waals surface area contributed by atoms with Crippen LogP contribution in [-0.2, 0) is 0 Å². The van der Waals surface area contributed by atoms with Crippen LogP contribution in [0.4, 0.5) is 11.4 Å². The Kier molecular flexibility index (Phi) is 9.87. The fourth-order valence-electron chi connectivity index (χ4n) is 5.30. The molecule has 3 rings (SSSR count). The number of β-amino-alcohol motifs (C(OH)–C–C–N with tert-alkyl or cyclic N) is 1. The number of aryl methyl sites for hydroxylation is 1. The summed E-state index contributed by atoms with van der Waals surface area (Å²) in [7, 11) is 2.86. The van der Waals surface area contributed by atoms with Crippen LogP contribution >= 0.6 is 0 Å². The molecule has 1 aliphatic rings. The highest BCUT2D eigenvalue weighted by atomic mass is 16.6. The third kappa shape index (κ3) is 7.78. The number of benzene rings is 2. The summed E-state index contributed by atoms with van der Waals surface area (Å²) in [4.78, 5) is 36.6. The molecule has 42 heavy (non-hydrogen) atoms. The van der Waals surface area contributed by atoms with Crippen LogP contribution in [0.15, 0.2) is 24.3 Å². The second-order valence-corrected chi connectivity index (χ2v) is 12.1. The number of methoxy groups -OCH3 is 2. The topological polar surface area (TPSA) is 164 Å². The van der Waals surface area contributed by atoms with Crippen molar-refractivity contribution in [1.82, 2.24) is 4.90 Å². The fourth-order valence-corrected chi connectivity index (χ4v) is 5.30. The number of nitro groups is 2. The smallest absolute Gasteiger partial charge is 0.286 e. The standard InChI is InChI=1S/C29H39N3O10/c1-18-10-23(39-6)25(12-21(18)31(35)36)41-16-28(2,3)15-29(4,5)17-42-26-13-22(32(37)38)20(11-24(26)40-7)27(34)30-9-8-19(33)14-30/h10-13,19,33H,8-9,14-17H2,1-7H3. The molecule has 0 spiro atoms. The van der Waals surface area contributed by atoms with Crippen LogP contribution < -0.4 is 18.9 Å². The van der Waals surface area contributed by atoms with Gasteiger partial charge in [0.05, 0.1) is 55.5 Å². The van der Waals surface area contributed by atoms with Gasteiger partial charge < -0.3 is 29.0 Å². The molecule has 0 aliphatic carbocycles. The molecule has 2 aromatic rings. The van der Waals surface area contributed by atoms with Crippen molar-refractivity contribution in [2.75, 3.05) is 40.5 Å². The molecular weight excluding hydrogens is 550 g/mol. The number of carbonyl (C=O) groups is 1. The van der Waals surface area contributed by atoms with Crippen LogP contribution in [-0.4, -0.2) is 72.4 Å². The van der Waals surface area contributed by atoms with E-state index in [0.717, 1.165) is 0 Å². The molecule has 1 amide bonds. The van der Waals surface area contributed by atoms with E-state index in [4.69, 9.17) is 18.9 Å². The molecule has 13 heteroatoms. The van der Waals surface area contributed by atoms with Gasteiger partial charge in [-0.3, -0.25) is 25.0 Å². The summed E-state index contributed by atoms with van der Waals surface area (Å²) in [5.41, 5.74) is -1.01. The van der Waals surface area contributed by atoms with Crippen molar-refractivity contribution in [3.05, 3.63) is 55.6 Å². The van der Waals surface area contributed by atoms with Gasteiger partial charge in [0.25, 0.3) is 17.3 Å². The summed E-state index contributed by atoms with van der Waals surface area (Å²) < 4.78 is 22.8.